The number of carbonyl (C=O) groups is 1. The van der Waals surface area contributed by atoms with Crippen LogP contribution in [-0.4, -0.2) is 15.9 Å². The maximum Gasteiger partial charge on any atom is 0.188 e. The number of phenols is 1. The van der Waals surface area contributed by atoms with Gasteiger partial charge in [-0.3, -0.25) is 9.78 Å². The number of pyridine rings is 1. The number of aromatic nitrogens is 1. The Morgan fingerprint density at radius 1 is 1.00 bits per heavy atom. The van der Waals surface area contributed by atoms with E-state index >= 15 is 0 Å². The number of para-hydroxylation sites is 1. The van der Waals surface area contributed by atoms with Crippen LogP contribution in [0.3, 0.4) is 0 Å². The van der Waals surface area contributed by atoms with Crippen LogP contribution in [0.15, 0.2) is 78.9 Å². The first-order valence-electron chi connectivity index (χ1n) is 9.20. The molecule has 4 aromatic rings. The summed E-state index contributed by atoms with van der Waals surface area (Å²) in [4.78, 5) is 17.9. The second kappa shape index (κ2) is 7.90. The van der Waals surface area contributed by atoms with E-state index < -0.39 is 0 Å². The molecule has 0 atom stereocenters. The van der Waals surface area contributed by atoms with Crippen LogP contribution in [0.4, 0.5) is 0 Å². The molecule has 0 fully saturated rings. The summed E-state index contributed by atoms with van der Waals surface area (Å²) < 4.78 is 0. The quantitative estimate of drug-likeness (QED) is 0.316. The first-order chi connectivity index (χ1) is 14.0. The Morgan fingerprint density at radius 3 is 2.48 bits per heavy atom. The largest absolute Gasteiger partial charge is 0.507 e. The maximum absolute atomic E-state index is 13.2. The monoisotopic (exact) mass is 399 g/mol. The highest BCUT2D eigenvalue weighted by Gasteiger charge is 2.19. The molecule has 0 spiro atoms. The Bertz CT molecular complexity index is 1250. The molecule has 1 N–H and O–H groups in total. The van der Waals surface area contributed by atoms with Crippen LogP contribution in [0.25, 0.3) is 28.1 Å². The summed E-state index contributed by atoms with van der Waals surface area (Å²) in [6, 6.07) is 22.1. The van der Waals surface area contributed by atoms with Gasteiger partial charge in [0.2, 0.25) is 0 Å². The lowest BCUT2D eigenvalue weighted by Gasteiger charge is -2.14. The highest BCUT2D eigenvalue weighted by atomic mass is 35.5. The number of phenolic OH excluding ortho intramolecular Hbond substituents is 1. The standard InChI is InChI=1S/C25H18ClNO2/c1-16-24(23(29)14-11-17-7-5-6-10-22(17)28)25(18-8-3-2-4-9-18)20-15-19(26)12-13-21(20)27-16/h2-15,28H,1H3. The lowest BCUT2D eigenvalue weighted by atomic mass is 9.92. The van der Waals surface area contributed by atoms with Crippen LogP contribution >= 0.6 is 11.6 Å². The van der Waals surface area contributed by atoms with Crippen molar-refractivity contribution in [3.63, 3.8) is 0 Å². The number of benzene rings is 3. The summed E-state index contributed by atoms with van der Waals surface area (Å²) in [7, 11) is 0. The van der Waals surface area contributed by atoms with Gasteiger partial charge >= 0.3 is 0 Å². The van der Waals surface area contributed by atoms with Crippen LogP contribution in [-0.2, 0) is 0 Å². The van der Waals surface area contributed by atoms with Gasteiger partial charge in [0, 0.05) is 27.2 Å². The second-order valence-corrected chi connectivity index (χ2v) is 7.17. The molecule has 4 rings (SSSR count). The Morgan fingerprint density at radius 2 is 1.72 bits per heavy atom. The molecule has 0 unspecified atom stereocenters. The van der Waals surface area contributed by atoms with Gasteiger partial charge in [-0.1, -0.05) is 60.1 Å². The van der Waals surface area contributed by atoms with Crippen molar-refractivity contribution in [3.05, 3.63) is 101 Å². The Hall–Kier alpha value is -3.43. The molecule has 4 heteroatoms. The summed E-state index contributed by atoms with van der Waals surface area (Å²) in [6.07, 6.45) is 3.09. The first kappa shape index (κ1) is 18.9. The summed E-state index contributed by atoms with van der Waals surface area (Å²) in [6.45, 7) is 1.83. The van der Waals surface area contributed by atoms with Crippen molar-refractivity contribution in [2.24, 2.45) is 0 Å². The van der Waals surface area contributed by atoms with E-state index in [9.17, 15) is 9.90 Å². The van der Waals surface area contributed by atoms with Crippen molar-refractivity contribution >= 4 is 34.4 Å². The fourth-order valence-electron chi connectivity index (χ4n) is 3.44. The average Bonchev–Trinajstić information content (AvgIpc) is 2.73. The minimum absolute atomic E-state index is 0.125. The SMILES string of the molecule is Cc1nc2ccc(Cl)cc2c(-c2ccccc2)c1C(=O)C=Cc1ccccc1O. The molecule has 142 valence electrons. The molecule has 0 aliphatic rings. The van der Waals surface area contributed by atoms with Crippen molar-refractivity contribution in [2.75, 3.05) is 0 Å². The molecular formula is C25H18ClNO2. The molecule has 0 amide bonds. The van der Waals surface area contributed by atoms with E-state index in [0.29, 0.717) is 21.8 Å². The van der Waals surface area contributed by atoms with E-state index in [0.717, 1.165) is 22.0 Å². The number of rotatable bonds is 4. The lowest BCUT2D eigenvalue weighted by Crippen LogP contribution is -2.05. The predicted octanol–water partition coefficient (Wildman–Crippen LogP) is 6.47. The van der Waals surface area contributed by atoms with Crippen LogP contribution in [0, 0.1) is 6.92 Å². The van der Waals surface area contributed by atoms with Gasteiger partial charge < -0.3 is 5.11 Å². The zero-order valence-corrected chi connectivity index (χ0v) is 16.5. The van der Waals surface area contributed by atoms with Gasteiger partial charge in [-0.05, 0) is 48.9 Å². The molecule has 1 heterocycles. The summed E-state index contributed by atoms with van der Waals surface area (Å²) in [5.74, 6) is -0.0565. The number of aryl methyl sites for hydroxylation is 1. The fraction of sp³-hybridized carbons (Fsp3) is 0.0400. The smallest absolute Gasteiger partial charge is 0.188 e. The van der Waals surface area contributed by atoms with Gasteiger partial charge in [-0.15, -0.1) is 0 Å². The van der Waals surface area contributed by atoms with E-state index in [4.69, 9.17) is 11.6 Å². The molecule has 1 aromatic heterocycles. The number of hydrogen-bond acceptors (Lipinski definition) is 3. The molecular weight excluding hydrogens is 382 g/mol. The van der Waals surface area contributed by atoms with E-state index in [1.165, 1.54) is 6.08 Å². The van der Waals surface area contributed by atoms with Gasteiger partial charge in [0.1, 0.15) is 5.75 Å². The number of halogens is 1. The molecule has 0 saturated carbocycles. The number of carbonyl (C=O) groups excluding carboxylic acids is 1. The molecule has 0 saturated heterocycles. The summed E-state index contributed by atoms with van der Waals surface area (Å²) >= 11 is 6.25. The van der Waals surface area contributed by atoms with Crippen molar-refractivity contribution in [1.82, 2.24) is 4.98 Å². The number of allylic oxidation sites excluding steroid dienone is 1. The van der Waals surface area contributed by atoms with E-state index in [1.54, 1.807) is 30.3 Å². The van der Waals surface area contributed by atoms with Crippen LogP contribution < -0.4 is 0 Å². The van der Waals surface area contributed by atoms with Crippen LogP contribution in [0.5, 0.6) is 5.75 Å². The van der Waals surface area contributed by atoms with Crippen LogP contribution in [0.1, 0.15) is 21.6 Å². The Kier molecular flexibility index (Phi) is 5.15. The maximum atomic E-state index is 13.2. The number of ketones is 1. The zero-order valence-electron chi connectivity index (χ0n) is 15.8. The van der Waals surface area contributed by atoms with Crippen molar-refractivity contribution in [2.45, 2.75) is 6.92 Å². The zero-order chi connectivity index (χ0) is 20.4. The Balaban J connectivity index is 1.93. The van der Waals surface area contributed by atoms with E-state index in [1.807, 2.05) is 55.5 Å². The second-order valence-electron chi connectivity index (χ2n) is 6.73. The van der Waals surface area contributed by atoms with Gasteiger partial charge in [0.25, 0.3) is 0 Å². The number of fused-ring (bicyclic) bond motifs is 1. The molecule has 0 aliphatic heterocycles. The summed E-state index contributed by atoms with van der Waals surface area (Å²) in [5, 5.41) is 11.4. The van der Waals surface area contributed by atoms with Crippen molar-refractivity contribution in [3.8, 4) is 16.9 Å². The van der Waals surface area contributed by atoms with Gasteiger partial charge in [0.05, 0.1) is 11.1 Å². The lowest BCUT2D eigenvalue weighted by molar-refractivity contribution is 0.104. The van der Waals surface area contributed by atoms with E-state index in [2.05, 4.69) is 4.98 Å². The minimum Gasteiger partial charge on any atom is -0.507 e. The molecule has 3 aromatic carbocycles. The third-order valence-corrected chi connectivity index (χ3v) is 5.02. The normalized spacial score (nSPS) is 11.2. The Labute approximate surface area is 173 Å². The van der Waals surface area contributed by atoms with Gasteiger partial charge in [-0.2, -0.15) is 0 Å². The average molecular weight is 400 g/mol. The minimum atomic E-state index is -0.181. The summed E-state index contributed by atoms with van der Waals surface area (Å²) in [5.41, 5.74) is 4.26. The molecule has 29 heavy (non-hydrogen) atoms. The van der Waals surface area contributed by atoms with Crippen molar-refractivity contribution < 1.29 is 9.90 Å². The van der Waals surface area contributed by atoms with Crippen molar-refractivity contribution in [1.29, 1.82) is 0 Å². The highest BCUT2D eigenvalue weighted by Crippen LogP contribution is 2.35. The third-order valence-electron chi connectivity index (χ3n) is 4.79. The van der Waals surface area contributed by atoms with Gasteiger partial charge in [0.15, 0.2) is 5.78 Å². The molecule has 0 aliphatic carbocycles. The topological polar surface area (TPSA) is 50.2 Å². The van der Waals surface area contributed by atoms with Crippen LogP contribution in [0.2, 0.25) is 5.02 Å². The highest BCUT2D eigenvalue weighted by molar-refractivity contribution is 6.31. The number of hydrogen-bond donors (Lipinski definition) is 1. The number of nitrogens with zero attached hydrogens (tertiary/aromatic N) is 1. The molecule has 3 nitrogen and oxygen atoms in total. The third kappa shape index (κ3) is 3.78. The number of aromatic hydroxyl groups is 1. The first-order valence-corrected chi connectivity index (χ1v) is 9.58. The van der Waals surface area contributed by atoms with E-state index in [-0.39, 0.29) is 11.5 Å². The predicted molar refractivity (Wildman–Crippen MR) is 118 cm³/mol. The molecule has 0 bridgehead atoms. The fourth-order valence-corrected chi connectivity index (χ4v) is 3.61. The molecule has 0 radical (unpaired) electrons. The van der Waals surface area contributed by atoms with Gasteiger partial charge in [-0.25, -0.2) is 0 Å².